The predicted molar refractivity (Wildman–Crippen MR) is 88.7 cm³/mol. The van der Waals surface area contributed by atoms with Gasteiger partial charge in [0.25, 0.3) is 0 Å². The summed E-state index contributed by atoms with van der Waals surface area (Å²) in [7, 11) is -1.90. The first-order chi connectivity index (χ1) is 9.82. The van der Waals surface area contributed by atoms with Crippen molar-refractivity contribution in [2.45, 2.75) is 24.8 Å². The van der Waals surface area contributed by atoms with E-state index in [-0.39, 0.29) is 6.04 Å². The number of nitrogens with zero attached hydrogens (tertiary/aromatic N) is 1. The van der Waals surface area contributed by atoms with E-state index in [1.54, 1.807) is 25.2 Å². The van der Waals surface area contributed by atoms with Crippen molar-refractivity contribution in [3.63, 3.8) is 0 Å². The van der Waals surface area contributed by atoms with Gasteiger partial charge in [0, 0.05) is 17.6 Å². The van der Waals surface area contributed by atoms with E-state index in [1.807, 2.05) is 44.2 Å². The lowest BCUT2D eigenvalue weighted by Gasteiger charge is -2.25. The third-order valence-electron chi connectivity index (χ3n) is 3.58. The molecule has 0 amide bonds. The van der Waals surface area contributed by atoms with Crippen molar-refractivity contribution in [3.8, 4) is 0 Å². The molecule has 0 N–H and O–H groups in total. The van der Waals surface area contributed by atoms with E-state index in [9.17, 15) is 8.42 Å². The SMILES string of the molecule is Cc1ccc(C(C)N(C)S(=O)(=O)c2cccc(Br)c2)cc1. The Morgan fingerprint density at radius 1 is 1.10 bits per heavy atom. The van der Waals surface area contributed by atoms with Gasteiger partial charge in [-0.15, -0.1) is 0 Å². The number of aryl methyl sites for hydroxylation is 1. The van der Waals surface area contributed by atoms with E-state index in [2.05, 4.69) is 15.9 Å². The summed E-state index contributed by atoms with van der Waals surface area (Å²) in [6.07, 6.45) is 0. The molecule has 0 spiro atoms. The molecule has 112 valence electrons. The number of hydrogen-bond acceptors (Lipinski definition) is 2. The summed E-state index contributed by atoms with van der Waals surface area (Å²) < 4.78 is 27.5. The van der Waals surface area contributed by atoms with Crippen LogP contribution in [0.3, 0.4) is 0 Å². The quantitative estimate of drug-likeness (QED) is 0.814. The molecule has 2 aromatic carbocycles. The van der Waals surface area contributed by atoms with Gasteiger partial charge >= 0.3 is 0 Å². The topological polar surface area (TPSA) is 37.4 Å². The van der Waals surface area contributed by atoms with Crippen LogP contribution in [0.5, 0.6) is 0 Å². The Kier molecular flexibility index (Phi) is 4.86. The molecule has 2 aromatic rings. The van der Waals surface area contributed by atoms with Crippen molar-refractivity contribution in [1.82, 2.24) is 4.31 Å². The Morgan fingerprint density at radius 2 is 1.71 bits per heavy atom. The molecule has 0 saturated heterocycles. The van der Waals surface area contributed by atoms with Gasteiger partial charge in [0.15, 0.2) is 0 Å². The van der Waals surface area contributed by atoms with Crippen molar-refractivity contribution in [3.05, 3.63) is 64.1 Å². The third-order valence-corrected chi connectivity index (χ3v) is 6.00. The molecule has 0 saturated carbocycles. The molecule has 5 heteroatoms. The summed E-state index contributed by atoms with van der Waals surface area (Å²) in [5.74, 6) is 0. The number of benzene rings is 2. The zero-order valence-electron chi connectivity index (χ0n) is 12.2. The zero-order valence-corrected chi connectivity index (χ0v) is 14.6. The van der Waals surface area contributed by atoms with Crippen LogP contribution < -0.4 is 0 Å². The highest BCUT2D eigenvalue weighted by molar-refractivity contribution is 9.10. The minimum absolute atomic E-state index is 0.227. The Labute approximate surface area is 134 Å². The van der Waals surface area contributed by atoms with Gasteiger partial charge in [-0.3, -0.25) is 0 Å². The predicted octanol–water partition coefficient (Wildman–Crippen LogP) is 4.14. The minimum Gasteiger partial charge on any atom is -0.207 e. The molecule has 0 aliphatic carbocycles. The van der Waals surface area contributed by atoms with Crippen molar-refractivity contribution in [2.75, 3.05) is 7.05 Å². The van der Waals surface area contributed by atoms with E-state index in [4.69, 9.17) is 0 Å². The van der Waals surface area contributed by atoms with Gasteiger partial charge in [-0.25, -0.2) is 8.42 Å². The van der Waals surface area contributed by atoms with Gasteiger partial charge in [0.1, 0.15) is 0 Å². The zero-order chi connectivity index (χ0) is 15.6. The van der Waals surface area contributed by atoms with E-state index in [0.29, 0.717) is 4.90 Å². The first-order valence-corrected chi connectivity index (χ1v) is 8.86. The largest absolute Gasteiger partial charge is 0.243 e. The lowest BCUT2D eigenvalue weighted by molar-refractivity contribution is 0.398. The molecule has 21 heavy (non-hydrogen) atoms. The van der Waals surface area contributed by atoms with Crippen LogP contribution in [0.1, 0.15) is 24.1 Å². The van der Waals surface area contributed by atoms with Gasteiger partial charge in [-0.2, -0.15) is 4.31 Å². The molecule has 0 fully saturated rings. The van der Waals surface area contributed by atoms with Crippen LogP contribution in [0.25, 0.3) is 0 Å². The summed E-state index contributed by atoms with van der Waals surface area (Å²) in [6, 6.07) is 14.4. The van der Waals surface area contributed by atoms with Gasteiger partial charge < -0.3 is 0 Å². The molecular formula is C16H18BrNO2S. The molecule has 3 nitrogen and oxygen atoms in total. The van der Waals surface area contributed by atoms with Crippen molar-refractivity contribution < 1.29 is 8.42 Å². The smallest absolute Gasteiger partial charge is 0.207 e. The van der Waals surface area contributed by atoms with Gasteiger partial charge in [0.05, 0.1) is 4.90 Å². The van der Waals surface area contributed by atoms with Crippen LogP contribution in [0.2, 0.25) is 0 Å². The van der Waals surface area contributed by atoms with Crippen LogP contribution in [0.15, 0.2) is 57.9 Å². The summed E-state index contributed by atoms with van der Waals surface area (Å²) in [4.78, 5) is 0.290. The minimum atomic E-state index is -3.52. The fourth-order valence-corrected chi connectivity index (χ4v) is 4.00. The fourth-order valence-electron chi connectivity index (χ4n) is 2.06. The number of hydrogen-bond donors (Lipinski definition) is 0. The molecule has 0 bridgehead atoms. The van der Waals surface area contributed by atoms with E-state index < -0.39 is 10.0 Å². The van der Waals surface area contributed by atoms with Crippen LogP contribution in [0.4, 0.5) is 0 Å². The van der Waals surface area contributed by atoms with E-state index in [1.165, 1.54) is 4.31 Å². The highest BCUT2D eigenvalue weighted by Crippen LogP contribution is 2.27. The molecule has 0 radical (unpaired) electrons. The standard InChI is InChI=1S/C16H18BrNO2S/c1-12-7-9-14(10-8-12)13(2)18(3)21(19,20)16-6-4-5-15(17)11-16/h4-11,13H,1-3H3. The second-order valence-electron chi connectivity index (χ2n) is 5.07. The Balaban J connectivity index is 2.33. The monoisotopic (exact) mass is 367 g/mol. The van der Waals surface area contributed by atoms with Crippen LogP contribution in [-0.4, -0.2) is 19.8 Å². The average Bonchev–Trinajstić information content (AvgIpc) is 2.46. The summed E-state index contributed by atoms with van der Waals surface area (Å²) in [5.41, 5.74) is 2.13. The summed E-state index contributed by atoms with van der Waals surface area (Å²) >= 11 is 3.31. The number of rotatable bonds is 4. The second kappa shape index (κ2) is 6.30. The molecule has 1 atom stereocenters. The summed E-state index contributed by atoms with van der Waals surface area (Å²) in [5, 5.41) is 0. The molecular weight excluding hydrogens is 350 g/mol. The number of halogens is 1. The first kappa shape index (κ1) is 16.2. The third kappa shape index (κ3) is 3.54. The highest BCUT2D eigenvalue weighted by Gasteiger charge is 2.26. The maximum Gasteiger partial charge on any atom is 0.243 e. The van der Waals surface area contributed by atoms with Crippen molar-refractivity contribution >= 4 is 26.0 Å². The van der Waals surface area contributed by atoms with Gasteiger partial charge in [0.2, 0.25) is 10.0 Å². The van der Waals surface area contributed by atoms with Crippen LogP contribution in [0, 0.1) is 6.92 Å². The van der Waals surface area contributed by atoms with Gasteiger partial charge in [-0.05, 0) is 37.6 Å². The lowest BCUT2D eigenvalue weighted by Crippen LogP contribution is -2.29. The fraction of sp³-hybridized carbons (Fsp3) is 0.250. The average molecular weight is 368 g/mol. The van der Waals surface area contributed by atoms with E-state index in [0.717, 1.165) is 15.6 Å². The molecule has 0 heterocycles. The molecule has 2 rings (SSSR count). The Hall–Kier alpha value is -1.17. The Bertz CT molecular complexity index is 726. The molecule has 1 unspecified atom stereocenters. The van der Waals surface area contributed by atoms with Crippen LogP contribution >= 0.6 is 15.9 Å². The van der Waals surface area contributed by atoms with Crippen LogP contribution in [-0.2, 0) is 10.0 Å². The van der Waals surface area contributed by atoms with Gasteiger partial charge in [-0.1, -0.05) is 51.8 Å². The first-order valence-electron chi connectivity index (χ1n) is 6.62. The lowest BCUT2D eigenvalue weighted by atomic mass is 10.1. The second-order valence-corrected chi connectivity index (χ2v) is 7.98. The normalized spacial score (nSPS) is 13.4. The maximum absolute atomic E-state index is 12.7. The highest BCUT2D eigenvalue weighted by atomic mass is 79.9. The molecule has 0 aliphatic rings. The Morgan fingerprint density at radius 3 is 2.29 bits per heavy atom. The van der Waals surface area contributed by atoms with Crippen molar-refractivity contribution in [1.29, 1.82) is 0 Å². The van der Waals surface area contributed by atoms with Crippen molar-refractivity contribution in [2.24, 2.45) is 0 Å². The number of sulfonamides is 1. The summed E-state index contributed by atoms with van der Waals surface area (Å²) in [6.45, 7) is 3.90. The maximum atomic E-state index is 12.7. The van der Waals surface area contributed by atoms with E-state index >= 15 is 0 Å². The molecule has 0 aliphatic heterocycles. The molecule has 0 aromatic heterocycles.